The van der Waals surface area contributed by atoms with E-state index in [9.17, 15) is 0 Å². The fourth-order valence-corrected chi connectivity index (χ4v) is 2.30. The number of furan rings is 1. The Bertz CT molecular complexity index is 285. The summed E-state index contributed by atoms with van der Waals surface area (Å²) in [6, 6.07) is 4.01. The smallest absolute Gasteiger partial charge is 0.105 e. The second-order valence-electron chi connectivity index (χ2n) is 4.49. The van der Waals surface area contributed by atoms with Gasteiger partial charge in [0, 0.05) is 19.6 Å². The molecular formula is C12H19NO2. The maximum Gasteiger partial charge on any atom is 0.105 e. The Labute approximate surface area is 90.6 Å². The minimum atomic E-state index is 0.0615. The van der Waals surface area contributed by atoms with Gasteiger partial charge in [-0.25, -0.2) is 0 Å². The van der Waals surface area contributed by atoms with Crippen molar-refractivity contribution >= 4 is 0 Å². The van der Waals surface area contributed by atoms with Crippen LogP contribution < -0.4 is 5.73 Å². The SMILES string of the molecule is COC1(CC(N)Cc2ccco2)CCC1. The summed E-state index contributed by atoms with van der Waals surface area (Å²) in [7, 11) is 1.79. The molecule has 84 valence electrons. The molecule has 0 aromatic carbocycles. The number of hydrogen-bond donors (Lipinski definition) is 1. The van der Waals surface area contributed by atoms with Crippen molar-refractivity contribution in [3.05, 3.63) is 24.2 Å². The van der Waals surface area contributed by atoms with Crippen LogP contribution >= 0.6 is 0 Å². The third kappa shape index (κ3) is 2.41. The highest BCUT2D eigenvalue weighted by molar-refractivity contribution is 5.02. The molecule has 0 bridgehead atoms. The van der Waals surface area contributed by atoms with E-state index >= 15 is 0 Å². The largest absolute Gasteiger partial charge is 0.469 e. The normalized spacial score (nSPS) is 20.9. The van der Waals surface area contributed by atoms with E-state index in [1.807, 2.05) is 12.1 Å². The summed E-state index contributed by atoms with van der Waals surface area (Å²) in [5.74, 6) is 0.966. The molecule has 1 atom stereocenters. The lowest BCUT2D eigenvalue weighted by atomic mass is 9.75. The number of nitrogens with two attached hydrogens (primary N) is 1. The Hall–Kier alpha value is -0.800. The predicted molar refractivity (Wildman–Crippen MR) is 58.6 cm³/mol. The first kappa shape index (κ1) is 10.7. The first-order valence-electron chi connectivity index (χ1n) is 5.57. The molecule has 1 aromatic rings. The summed E-state index contributed by atoms with van der Waals surface area (Å²) in [5, 5.41) is 0. The summed E-state index contributed by atoms with van der Waals surface area (Å²) < 4.78 is 10.8. The maximum absolute atomic E-state index is 6.10. The Morgan fingerprint density at radius 1 is 1.60 bits per heavy atom. The molecule has 1 fully saturated rings. The highest BCUT2D eigenvalue weighted by atomic mass is 16.5. The Morgan fingerprint density at radius 3 is 2.87 bits per heavy atom. The molecule has 2 N–H and O–H groups in total. The van der Waals surface area contributed by atoms with Crippen molar-refractivity contribution in [1.82, 2.24) is 0 Å². The van der Waals surface area contributed by atoms with Gasteiger partial charge in [-0.3, -0.25) is 0 Å². The van der Waals surface area contributed by atoms with Crippen LogP contribution in [-0.2, 0) is 11.2 Å². The van der Waals surface area contributed by atoms with Crippen LogP contribution in [0, 0.1) is 0 Å². The summed E-state index contributed by atoms with van der Waals surface area (Å²) in [6.07, 6.45) is 6.99. The van der Waals surface area contributed by atoms with Gasteiger partial charge in [-0.1, -0.05) is 0 Å². The highest BCUT2D eigenvalue weighted by Crippen LogP contribution is 2.38. The number of hydrogen-bond acceptors (Lipinski definition) is 3. The van der Waals surface area contributed by atoms with E-state index in [1.54, 1.807) is 13.4 Å². The molecule has 0 aliphatic heterocycles. The quantitative estimate of drug-likeness (QED) is 0.808. The lowest BCUT2D eigenvalue weighted by molar-refractivity contribution is -0.0815. The summed E-state index contributed by atoms with van der Waals surface area (Å²) in [5.41, 5.74) is 6.16. The molecule has 3 nitrogen and oxygen atoms in total. The van der Waals surface area contributed by atoms with Crippen LogP contribution in [0.5, 0.6) is 0 Å². The number of methoxy groups -OCH3 is 1. The van der Waals surface area contributed by atoms with Gasteiger partial charge in [-0.15, -0.1) is 0 Å². The minimum Gasteiger partial charge on any atom is -0.469 e. The zero-order chi connectivity index (χ0) is 10.7. The predicted octanol–water partition coefficient (Wildman–Crippen LogP) is 2.11. The van der Waals surface area contributed by atoms with Gasteiger partial charge in [0.05, 0.1) is 11.9 Å². The third-order valence-electron chi connectivity index (χ3n) is 3.38. The second-order valence-corrected chi connectivity index (χ2v) is 4.49. The average Bonchev–Trinajstić information content (AvgIpc) is 2.64. The standard InChI is InChI=1S/C12H19NO2/c1-14-12(5-3-6-12)9-10(13)8-11-4-2-7-15-11/h2,4,7,10H,3,5-6,8-9,13H2,1H3. The van der Waals surface area contributed by atoms with Crippen molar-refractivity contribution < 1.29 is 9.15 Å². The van der Waals surface area contributed by atoms with Gasteiger partial charge < -0.3 is 14.9 Å². The van der Waals surface area contributed by atoms with E-state index in [1.165, 1.54) is 6.42 Å². The Balaban J connectivity index is 1.84. The molecule has 1 unspecified atom stereocenters. The zero-order valence-electron chi connectivity index (χ0n) is 9.24. The van der Waals surface area contributed by atoms with E-state index in [4.69, 9.17) is 14.9 Å². The van der Waals surface area contributed by atoms with Gasteiger partial charge in [-0.2, -0.15) is 0 Å². The minimum absolute atomic E-state index is 0.0615. The van der Waals surface area contributed by atoms with Crippen molar-refractivity contribution in [3.63, 3.8) is 0 Å². The van der Waals surface area contributed by atoms with Crippen molar-refractivity contribution in [2.24, 2.45) is 5.73 Å². The van der Waals surface area contributed by atoms with E-state index in [0.29, 0.717) is 0 Å². The zero-order valence-corrected chi connectivity index (χ0v) is 9.24. The molecule has 1 aliphatic rings. The lowest BCUT2D eigenvalue weighted by Crippen LogP contribution is -2.44. The monoisotopic (exact) mass is 209 g/mol. The Kier molecular flexibility index (Phi) is 3.12. The van der Waals surface area contributed by atoms with Gasteiger partial charge in [0.1, 0.15) is 5.76 Å². The van der Waals surface area contributed by atoms with Crippen LogP contribution in [0.3, 0.4) is 0 Å². The maximum atomic E-state index is 6.10. The fraction of sp³-hybridized carbons (Fsp3) is 0.667. The molecule has 0 saturated heterocycles. The van der Waals surface area contributed by atoms with Crippen LogP contribution in [0.25, 0.3) is 0 Å². The third-order valence-corrected chi connectivity index (χ3v) is 3.38. The van der Waals surface area contributed by atoms with Gasteiger partial charge >= 0.3 is 0 Å². The summed E-state index contributed by atoms with van der Waals surface area (Å²) in [4.78, 5) is 0. The topological polar surface area (TPSA) is 48.4 Å². The van der Waals surface area contributed by atoms with Crippen LogP contribution in [-0.4, -0.2) is 18.8 Å². The van der Waals surface area contributed by atoms with Crippen molar-refractivity contribution in [3.8, 4) is 0 Å². The molecule has 1 aromatic heterocycles. The molecule has 1 saturated carbocycles. The molecule has 0 amide bonds. The summed E-state index contributed by atoms with van der Waals surface area (Å²) in [6.45, 7) is 0. The Morgan fingerprint density at radius 2 is 2.40 bits per heavy atom. The fourth-order valence-electron chi connectivity index (χ4n) is 2.30. The summed E-state index contributed by atoms with van der Waals surface area (Å²) >= 11 is 0. The van der Waals surface area contributed by atoms with Crippen molar-refractivity contribution in [1.29, 1.82) is 0 Å². The molecule has 1 heterocycles. The van der Waals surface area contributed by atoms with Crippen LogP contribution in [0.4, 0.5) is 0 Å². The van der Waals surface area contributed by atoms with E-state index in [-0.39, 0.29) is 11.6 Å². The average molecular weight is 209 g/mol. The van der Waals surface area contributed by atoms with E-state index < -0.39 is 0 Å². The van der Waals surface area contributed by atoms with E-state index in [2.05, 4.69) is 0 Å². The molecule has 3 heteroatoms. The van der Waals surface area contributed by atoms with E-state index in [0.717, 1.165) is 31.4 Å². The molecule has 2 rings (SSSR count). The second kappa shape index (κ2) is 4.37. The van der Waals surface area contributed by atoms with Crippen molar-refractivity contribution in [2.75, 3.05) is 7.11 Å². The van der Waals surface area contributed by atoms with Crippen LogP contribution in [0.15, 0.2) is 22.8 Å². The van der Waals surface area contributed by atoms with Gasteiger partial charge in [0.2, 0.25) is 0 Å². The number of ether oxygens (including phenoxy) is 1. The molecular weight excluding hydrogens is 190 g/mol. The van der Waals surface area contributed by atoms with Gasteiger partial charge in [0.15, 0.2) is 0 Å². The first-order valence-corrected chi connectivity index (χ1v) is 5.57. The van der Waals surface area contributed by atoms with Gasteiger partial charge in [0.25, 0.3) is 0 Å². The van der Waals surface area contributed by atoms with Gasteiger partial charge in [-0.05, 0) is 37.8 Å². The molecule has 0 radical (unpaired) electrons. The first-order chi connectivity index (χ1) is 7.24. The van der Waals surface area contributed by atoms with Crippen LogP contribution in [0.2, 0.25) is 0 Å². The molecule has 15 heavy (non-hydrogen) atoms. The molecule has 1 aliphatic carbocycles. The van der Waals surface area contributed by atoms with Crippen LogP contribution in [0.1, 0.15) is 31.4 Å². The number of rotatable bonds is 5. The lowest BCUT2D eigenvalue weighted by Gasteiger charge is -2.42. The highest BCUT2D eigenvalue weighted by Gasteiger charge is 2.38. The van der Waals surface area contributed by atoms with Crippen molar-refractivity contribution in [2.45, 2.75) is 43.7 Å². The molecule has 0 spiro atoms.